The van der Waals surface area contributed by atoms with E-state index in [1.165, 1.54) is 32.5 Å². The minimum Gasteiger partial charge on any atom is -0.396 e. The second-order valence-corrected chi connectivity index (χ2v) is 4.85. The van der Waals surface area contributed by atoms with E-state index in [1.54, 1.807) is 0 Å². The van der Waals surface area contributed by atoms with Crippen molar-refractivity contribution < 1.29 is 37.8 Å². The molecule has 0 aromatic rings. The maximum absolute atomic E-state index is 8.69. The van der Waals surface area contributed by atoms with Gasteiger partial charge in [0.25, 0.3) is 0 Å². The van der Waals surface area contributed by atoms with Gasteiger partial charge in [0.1, 0.15) is 0 Å². The van der Waals surface area contributed by atoms with Gasteiger partial charge in [0, 0.05) is 39.3 Å². The second-order valence-electron chi connectivity index (χ2n) is 4.85. The molecule has 0 amide bonds. The average Bonchev–Trinajstić information content (AvgIpc) is 2.19. The van der Waals surface area contributed by atoms with Crippen LogP contribution in [0.25, 0.3) is 0 Å². The fraction of sp³-hybridized carbons (Fsp3) is 1.00. The van der Waals surface area contributed by atoms with E-state index in [9.17, 15) is 0 Å². The van der Waals surface area contributed by atoms with Crippen molar-refractivity contribution in [3.63, 3.8) is 0 Å². The maximum Gasteiger partial charge on any atom is 0.0431 e. The summed E-state index contributed by atoms with van der Waals surface area (Å²) < 4.78 is 0. The summed E-state index contributed by atoms with van der Waals surface area (Å²) in [5.41, 5.74) is 0. The van der Waals surface area contributed by atoms with Gasteiger partial charge in [0.2, 0.25) is 0 Å². The quantitative estimate of drug-likeness (QED) is 0.783. The number of hydrogen-bond acceptors (Lipinski definition) is 2. The average molecular weight is 288 g/mol. The van der Waals surface area contributed by atoms with Crippen molar-refractivity contribution in [3.8, 4) is 0 Å². The molecule has 1 N–H and O–H groups in total. The van der Waals surface area contributed by atoms with E-state index in [0.29, 0.717) is 6.61 Å². The predicted octanol–water partition coefficient (Wildman–Crippen LogP) is 2.12. The number of rotatable bonds is 5. The molecule has 1 heterocycles. The number of nitrogens with zero attached hydrogens (tertiary/aromatic N) is 1. The van der Waals surface area contributed by atoms with Crippen molar-refractivity contribution >= 4 is 0 Å². The molecule has 0 aliphatic carbocycles. The standard InChI is InChI=1S/C12H25NO.Y/c1-11(2)12-5-8-13(9-6-12)7-3-4-10-14;/h11-12,14H,3-10H2,1-2H3;. The maximum atomic E-state index is 8.69. The molecule has 1 aliphatic rings. The second kappa shape index (κ2) is 9.10. The van der Waals surface area contributed by atoms with Crippen molar-refractivity contribution in [1.29, 1.82) is 0 Å². The molecule has 0 spiro atoms. The Kier molecular flexibility index (Phi) is 9.72. The molecule has 1 radical (unpaired) electrons. The van der Waals surface area contributed by atoms with E-state index in [1.807, 2.05) is 0 Å². The van der Waals surface area contributed by atoms with E-state index in [-0.39, 0.29) is 32.7 Å². The third-order valence-electron chi connectivity index (χ3n) is 3.46. The summed E-state index contributed by atoms with van der Waals surface area (Å²) in [6.45, 7) is 8.76. The largest absolute Gasteiger partial charge is 0.396 e. The van der Waals surface area contributed by atoms with Crippen LogP contribution < -0.4 is 0 Å². The van der Waals surface area contributed by atoms with Gasteiger partial charge in [-0.1, -0.05) is 13.8 Å². The number of piperidine rings is 1. The summed E-state index contributed by atoms with van der Waals surface area (Å²) >= 11 is 0. The van der Waals surface area contributed by atoms with Crippen LogP contribution in [0.3, 0.4) is 0 Å². The Balaban J connectivity index is 0.00000196. The molecule has 0 unspecified atom stereocenters. The molecule has 1 saturated heterocycles. The Morgan fingerprint density at radius 2 is 1.80 bits per heavy atom. The minimum atomic E-state index is 0. The smallest absolute Gasteiger partial charge is 0.0431 e. The third-order valence-corrected chi connectivity index (χ3v) is 3.46. The summed E-state index contributed by atoms with van der Waals surface area (Å²) in [6, 6.07) is 0. The molecule has 0 saturated carbocycles. The molecule has 0 bridgehead atoms. The van der Waals surface area contributed by atoms with Gasteiger partial charge in [-0.25, -0.2) is 0 Å². The first kappa shape index (κ1) is 16.0. The van der Waals surface area contributed by atoms with E-state index in [0.717, 1.165) is 24.7 Å². The van der Waals surface area contributed by atoms with Crippen LogP contribution in [0.4, 0.5) is 0 Å². The van der Waals surface area contributed by atoms with Crippen LogP contribution in [0, 0.1) is 11.8 Å². The number of hydrogen-bond donors (Lipinski definition) is 1. The van der Waals surface area contributed by atoms with E-state index < -0.39 is 0 Å². The topological polar surface area (TPSA) is 23.5 Å². The Hall–Kier alpha value is 1.02. The Bertz CT molecular complexity index is 145. The first-order chi connectivity index (χ1) is 6.74. The summed E-state index contributed by atoms with van der Waals surface area (Å²) in [6.07, 6.45) is 4.86. The van der Waals surface area contributed by atoms with E-state index in [2.05, 4.69) is 18.7 Å². The van der Waals surface area contributed by atoms with Crippen LogP contribution in [0.2, 0.25) is 0 Å². The fourth-order valence-electron chi connectivity index (χ4n) is 2.29. The first-order valence-corrected chi connectivity index (χ1v) is 6.07. The van der Waals surface area contributed by atoms with E-state index in [4.69, 9.17) is 5.11 Å². The molecular weight excluding hydrogens is 263 g/mol. The molecule has 0 aromatic heterocycles. The van der Waals surface area contributed by atoms with Gasteiger partial charge in [-0.05, 0) is 57.2 Å². The molecule has 1 rings (SSSR count). The number of unbranched alkanes of at least 4 members (excludes halogenated alkanes) is 1. The summed E-state index contributed by atoms with van der Waals surface area (Å²) in [5.74, 6) is 1.80. The van der Waals surface area contributed by atoms with Crippen molar-refractivity contribution in [2.75, 3.05) is 26.2 Å². The molecule has 2 nitrogen and oxygen atoms in total. The Morgan fingerprint density at radius 1 is 1.20 bits per heavy atom. The first-order valence-electron chi connectivity index (χ1n) is 6.07. The van der Waals surface area contributed by atoms with Crippen LogP contribution in [0.5, 0.6) is 0 Å². The van der Waals surface area contributed by atoms with Gasteiger partial charge in [0.15, 0.2) is 0 Å². The van der Waals surface area contributed by atoms with Crippen molar-refractivity contribution in [2.45, 2.75) is 39.5 Å². The van der Waals surface area contributed by atoms with Crippen LogP contribution >= 0.6 is 0 Å². The molecular formula is C12H25NOY. The monoisotopic (exact) mass is 288 g/mol. The fourth-order valence-corrected chi connectivity index (χ4v) is 2.29. The molecule has 0 atom stereocenters. The zero-order chi connectivity index (χ0) is 10.4. The Morgan fingerprint density at radius 3 is 2.27 bits per heavy atom. The van der Waals surface area contributed by atoms with Gasteiger partial charge in [0.05, 0.1) is 0 Å². The zero-order valence-corrected chi connectivity index (χ0v) is 13.1. The van der Waals surface area contributed by atoms with Crippen LogP contribution in [0.15, 0.2) is 0 Å². The van der Waals surface area contributed by atoms with Crippen LogP contribution in [-0.2, 0) is 32.7 Å². The Labute approximate surface area is 120 Å². The summed E-state index contributed by atoms with van der Waals surface area (Å²) in [7, 11) is 0. The van der Waals surface area contributed by atoms with Crippen molar-refractivity contribution in [2.24, 2.45) is 11.8 Å². The van der Waals surface area contributed by atoms with Gasteiger partial charge in [-0.3, -0.25) is 0 Å². The van der Waals surface area contributed by atoms with Gasteiger partial charge < -0.3 is 10.0 Å². The molecule has 1 aliphatic heterocycles. The van der Waals surface area contributed by atoms with Gasteiger partial charge in [-0.2, -0.15) is 0 Å². The molecule has 1 fully saturated rings. The molecule has 0 aromatic carbocycles. The SMILES string of the molecule is CC(C)C1CCN(CCCCO)CC1.[Y]. The predicted molar refractivity (Wildman–Crippen MR) is 60.3 cm³/mol. The molecule has 87 valence electrons. The van der Waals surface area contributed by atoms with Crippen molar-refractivity contribution in [3.05, 3.63) is 0 Å². The number of likely N-dealkylation sites (tertiary alicyclic amines) is 1. The number of aliphatic hydroxyl groups is 1. The van der Waals surface area contributed by atoms with Crippen molar-refractivity contribution in [1.82, 2.24) is 4.90 Å². The van der Waals surface area contributed by atoms with Crippen LogP contribution in [0.1, 0.15) is 39.5 Å². The third kappa shape index (κ3) is 6.36. The zero-order valence-electron chi connectivity index (χ0n) is 10.3. The summed E-state index contributed by atoms with van der Waals surface area (Å²) in [4.78, 5) is 2.55. The van der Waals surface area contributed by atoms with E-state index >= 15 is 0 Å². The number of aliphatic hydroxyl groups excluding tert-OH is 1. The van der Waals surface area contributed by atoms with Crippen LogP contribution in [-0.4, -0.2) is 36.2 Å². The van der Waals surface area contributed by atoms with Gasteiger partial charge >= 0.3 is 0 Å². The van der Waals surface area contributed by atoms with Gasteiger partial charge in [-0.15, -0.1) is 0 Å². The molecule has 15 heavy (non-hydrogen) atoms. The normalized spacial score (nSPS) is 19.2. The summed E-state index contributed by atoms with van der Waals surface area (Å²) in [5, 5.41) is 8.69. The minimum absolute atomic E-state index is 0. The molecule has 3 heteroatoms.